The Hall–Kier alpha value is -0.670. The number of alkyl halides is 1. The quantitative estimate of drug-likeness (QED) is 0.807. The zero-order valence-corrected chi connectivity index (χ0v) is 7.69. The van der Waals surface area contributed by atoms with Crippen molar-refractivity contribution >= 4 is 11.6 Å². The maximum atomic E-state index is 13.2. The minimum atomic E-state index is -1.16. The molecule has 1 unspecified atom stereocenters. The summed E-state index contributed by atoms with van der Waals surface area (Å²) in [6.07, 6.45) is -0.940. The Bertz CT molecular complexity index is 291. The van der Waals surface area contributed by atoms with E-state index in [-0.39, 0.29) is 18.0 Å². The van der Waals surface area contributed by atoms with E-state index in [9.17, 15) is 8.78 Å². The highest BCUT2D eigenvalue weighted by molar-refractivity contribution is 6.30. The normalized spacial score (nSPS) is 12.9. The summed E-state index contributed by atoms with van der Waals surface area (Å²) in [5, 5.41) is -0.0582. The standard InChI is InChI=1S/C9H10ClF2N/c10-7-5-6(1-2-9(7)12)8(11)3-4-13/h1-2,5,8H,3-4,13H2. The van der Waals surface area contributed by atoms with Gasteiger partial charge in [-0.05, 0) is 30.7 Å². The second-order valence-corrected chi connectivity index (χ2v) is 3.13. The van der Waals surface area contributed by atoms with E-state index in [1.165, 1.54) is 12.1 Å². The van der Waals surface area contributed by atoms with E-state index < -0.39 is 12.0 Å². The van der Waals surface area contributed by atoms with Gasteiger partial charge in [0.05, 0.1) is 5.02 Å². The number of benzene rings is 1. The fraction of sp³-hybridized carbons (Fsp3) is 0.333. The minimum Gasteiger partial charge on any atom is -0.330 e. The number of nitrogens with two attached hydrogens (primary N) is 1. The molecule has 0 radical (unpaired) electrons. The monoisotopic (exact) mass is 205 g/mol. The third kappa shape index (κ3) is 2.64. The van der Waals surface area contributed by atoms with Gasteiger partial charge in [-0.2, -0.15) is 0 Å². The molecule has 1 aromatic rings. The lowest BCUT2D eigenvalue weighted by molar-refractivity contribution is 0.327. The summed E-state index contributed by atoms with van der Waals surface area (Å²) in [5.41, 5.74) is 5.56. The van der Waals surface area contributed by atoms with E-state index in [1.54, 1.807) is 0 Å². The van der Waals surface area contributed by atoms with Crippen LogP contribution >= 0.6 is 11.6 Å². The highest BCUT2D eigenvalue weighted by Crippen LogP contribution is 2.24. The van der Waals surface area contributed by atoms with E-state index in [2.05, 4.69) is 0 Å². The van der Waals surface area contributed by atoms with Gasteiger partial charge in [-0.3, -0.25) is 0 Å². The Kier molecular flexibility index (Phi) is 3.63. The maximum absolute atomic E-state index is 13.2. The lowest BCUT2D eigenvalue weighted by atomic mass is 10.1. The molecule has 1 rings (SSSR count). The molecule has 4 heteroatoms. The second-order valence-electron chi connectivity index (χ2n) is 2.72. The molecule has 0 heterocycles. The summed E-state index contributed by atoms with van der Waals surface area (Å²) >= 11 is 5.49. The molecule has 0 aliphatic heterocycles. The van der Waals surface area contributed by atoms with Gasteiger partial charge in [0.15, 0.2) is 0 Å². The van der Waals surface area contributed by atoms with Crippen LogP contribution in [0.1, 0.15) is 18.2 Å². The van der Waals surface area contributed by atoms with Gasteiger partial charge >= 0.3 is 0 Å². The van der Waals surface area contributed by atoms with Crippen LogP contribution in [0.2, 0.25) is 5.02 Å². The van der Waals surface area contributed by atoms with E-state index in [1.807, 2.05) is 0 Å². The molecular weight excluding hydrogens is 196 g/mol. The molecule has 2 N–H and O–H groups in total. The Morgan fingerprint density at radius 3 is 2.69 bits per heavy atom. The molecule has 0 aromatic heterocycles. The van der Waals surface area contributed by atoms with Gasteiger partial charge in [0, 0.05) is 0 Å². The van der Waals surface area contributed by atoms with Gasteiger partial charge in [0.1, 0.15) is 12.0 Å². The molecule has 0 aliphatic rings. The summed E-state index contributed by atoms with van der Waals surface area (Å²) in [7, 11) is 0. The highest BCUT2D eigenvalue weighted by atomic mass is 35.5. The molecule has 13 heavy (non-hydrogen) atoms. The average Bonchev–Trinajstić information content (AvgIpc) is 2.10. The molecule has 0 spiro atoms. The van der Waals surface area contributed by atoms with Crippen LogP contribution in [0.4, 0.5) is 8.78 Å². The Morgan fingerprint density at radius 2 is 2.15 bits per heavy atom. The molecule has 0 aliphatic carbocycles. The smallest absolute Gasteiger partial charge is 0.141 e. The molecule has 0 fully saturated rings. The van der Waals surface area contributed by atoms with Gasteiger partial charge < -0.3 is 5.73 Å². The van der Waals surface area contributed by atoms with E-state index in [0.717, 1.165) is 6.07 Å². The number of hydrogen-bond acceptors (Lipinski definition) is 1. The van der Waals surface area contributed by atoms with Crippen molar-refractivity contribution in [1.82, 2.24) is 0 Å². The first-order chi connectivity index (χ1) is 6.15. The molecule has 1 atom stereocenters. The van der Waals surface area contributed by atoms with E-state index in [4.69, 9.17) is 17.3 Å². The molecule has 0 amide bonds. The average molecular weight is 206 g/mol. The van der Waals surface area contributed by atoms with Crippen molar-refractivity contribution in [2.45, 2.75) is 12.6 Å². The molecule has 0 saturated carbocycles. The fourth-order valence-electron chi connectivity index (χ4n) is 1.02. The Labute approximate surface area is 80.5 Å². The topological polar surface area (TPSA) is 26.0 Å². The third-order valence-corrected chi connectivity index (χ3v) is 2.02. The van der Waals surface area contributed by atoms with E-state index in [0.29, 0.717) is 5.56 Å². The molecular formula is C9H10ClF2N. The van der Waals surface area contributed by atoms with E-state index >= 15 is 0 Å². The SMILES string of the molecule is NCCC(F)c1ccc(F)c(Cl)c1. The largest absolute Gasteiger partial charge is 0.330 e. The number of rotatable bonds is 3. The Morgan fingerprint density at radius 1 is 1.46 bits per heavy atom. The summed E-state index contributed by atoms with van der Waals surface area (Å²) in [6, 6.07) is 3.82. The molecule has 0 saturated heterocycles. The van der Waals surface area contributed by atoms with Crippen LogP contribution in [0.3, 0.4) is 0 Å². The lowest BCUT2D eigenvalue weighted by Gasteiger charge is -2.07. The molecule has 1 nitrogen and oxygen atoms in total. The third-order valence-electron chi connectivity index (χ3n) is 1.73. The minimum absolute atomic E-state index is 0.0582. The van der Waals surface area contributed by atoms with Crippen molar-refractivity contribution in [2.24, 2.45) is 5.73 Å². The van der Waals surface area contributed by atoms with Crippen molar-refractivity contribution < 1.29 is 8.78 Å². The highest BCUT2D eigenvalue weighted by Gasteiger charge is 2.10. The lowest BCUT2D eigenvalue weighted by Crippen LogP contribution is -2.03. The molecule has 1 aromatic carbocycles. The summed E-state index contributed by atoms with van der Waals surface area (Å²) < 4.78 is 25.9. The van der Waals surface area contributed by atoms with Crippen LogP contribution in [0, 0.1) is 5.82 Å². The van der Waals surface area contributed by atoms with Gasteiger partial charge in [-0.25, -0.2) is 8.78 Å². The van der Waals surface area contributed by atoms with Crippen LogP contribution in [0.25, 0.3) is 0 Å². The van der Waals surface area contributed by atoms with Gasteiger partial charge in [-0.15, -0.1) is 0 Å². The van der Waals surface area contributed by atoms with Crippen molar-refractivity contribution in [1.29, 1.82) is 0 Å². The van der Waals surface area contributed by atoms with Crippen LogP contribution in [-0.4, -0.2) is 6.54 Å². The van der Waals surface area contributed by atoms with Crippen molar-refractivity contribution in [3.63, 3.8) is 0 Å². The van der Waals surface area contributed by atoms with Crippen molar-refractivity contribution in [2.75, 3.05) is 6.54 Å². The van der Waals surface area contributed by atoms with Crippen LogP contribution in [-0.2, 0) is 0 Å². The first-order valence-corrected chi connectivity index (χ1v) is 4.32. The predicted octanol–water partition coefficient (Wildman–Crippen LogP) is 2.84. The zero-order valence-electron chi connectivity index (χ0n) is 6.93. The second kappa shape index (κ2) is 4.53. The predicted molar refractivity (Wildman–Crippen MR) is 48.9 cm³/mol. The summed E-state index contributed by atoms with van der Waals surface area (Å²) in [6.45, 7) is 0.260. The summed E-state index contributed by atoms with van der Waals surface area (Å²) in [4.78, 5) is 0. The summed E-state index contributed by atoms with van der Waals surface area (Å²) in [5.74, 6) is -0.537. The molecule has 72 valence electrons. The first kappa shape index (κ1) is 10.4. The van der Waals surface area contributed by atoms with Crippen molar-refractivity contribution in [3.8, 4) is 0 Å². The van der Waals surface area contributed by atoms with Gasteiger partial charge in [0.2, 0.25) is 0 Å². The Balaban J connectivity index is 2.84. The van der Waals surface area contributed by atoms with Gasteiger partial charge in [-0.1, -0.05) is 17.7 Å². The van der Waals surface area contributed by atoms with Crippen molar-refractivity contribution in [3.05, 3.63) is 34.6 Å². The molecule has 0 bridgehead atoms. The maximum Gasteiger partial charge on any atom is 0.141 e. The zero-order chi connectivity index (χ0) is 9.84. The van der Waals surface area contributed by atoms with Crippen LogP contribution in [0.15, 0.2) is 18.2 Å². The fourth-order valence-corrected chi connectivity index (χ4v) is 1.21. The number of hydrogen-bond donors (Lipinski definition) is 1. The van der Waals surface area contributed by atoms with Gasteiger partial charge in [0.25, 0.3) is 0 Å². The first-order valence-electron chi connectivity index (χ1n) is 3.94. The van der Waals surface area contributed by atoms with Crippen LogP contribution in [0.5, 0.6) is 0 Å². The number of halogens is 3. The van der Waals surface area contributed by atoms with Crippen LogP contribution < -0.4 is 5.73 Å².